The maximum absolute atomic E-state index is 13.5. The highest BCUT2D eigenvalue weighted by Crippen LogP contribution is 2.61. The highest BCUT2D eigenvalue weighted by Gasteiger charge is 2.51. The summed E-state index contributed by atoms with van der Waals surface area (Å²) in [5.74, 6) is -10.2. The number of carboxylic acids is 3. The zero-order valence-electron chi connectivity index (χ0n) is 73.5. The number of carbonyl (C=O) groups is 9. The Morgan fingerprint density at radius 3 is 1.17 bits per heavy atom. The molecule has 30 nitrogen and oxygen atoms in total. The van der Waals surface area contributed by atoms with Crippen molar-refractivity contribution >= 4 is 69.0 Å². The van der Waals surface area contributed by atoms with Crippen LogP contribution < -0.4 is 37.6 Å². The number of ether oxygens (including phenoxy) is 2. The fraction of sp³-hybridized carbons (Fsp3) is 0.644. The van der Waals surface area contributed by atoms with Gasteiger partial charge < -0.3 is 82.4 Å². The minimum atomic E-state index is -5.76. The maximum atomic E-state index is 13.5. The number of phosphoric ester groups is 2. The number of carbonyl (C=O) groups excluding carboxylic acids is 6. The van der Waals surface area contributed by atoms with Gasteiger partial charge in [0.1, 0.15) is 66.7 Å². The van der Waals surface area contributed by atoms with Gasteiger partial charge in [0, 0.05) is 13.3 Å². The Morgan fingerprint density at radius 2 is 0.807 bits per heavy atom. The van der Waals surface area contributed by atoms with Crippen molar-refractivity contribution in [2.75, 3.05) is 13.2 Å². The van der Waals surface area contributed by atoms with Gasteiger partial charge in [0.05, 0.1) is 13.2 Å². The molecule has 14 unspecified atom stereocenters. The number of nitrogens with two attached hydrogens (primary N) is 1. The number of allylic oxidation sites excluding steroid dienone is 21. The Labute approximate surface area is 706 Å². The average molecular weight is 1720 g/mol. The van der Waals surface area contributed by atoms with Gasteiger partial charge in [-0.1, -0.05) is 128 Å². The first-order chi connectivity index (χ1) is 55.7. The summed E-state index contributed by atoms with van der Waals surface area (Å²) in [4.78, 5) is 135. The van der Waals surface area contributed by atoms with E-state index in [2.05, 4.69) is 173 Å². The van der Waals surface area contributed by atoms with Gasteiger partial charge in [-0.15, -0.1) is 0 Å². The molecule has 0 saturated carbocycles. The van der Waals surface area contributed by atoms with E-state index in [-0.39, 0.29) is 19.3 Å². The zero-order chi connectivity index (χ0) is 90.1. The first-order valence-corrected chi connectivity index (χ1v) is 44.5. The number of aliphatic hydroxyl groups excluding tert-OH is 2. The Hall–Kier alpha value is -7.57. The van der Waals surface area contributed by atoms with Crippen LogP contribution in [0.1, 0.15) is 278 Å². The molecule has 0 aromatic heterocycles. The number of hydrogen-bond acceptors (Lipinski definition) is 19. The molecule has 1 fully saturated rings. The second-order valence-corrected chi connectivity index (χ2v) is 34.7. The van der Waals surface area contributed by atoms with Gasteiger partial charge in [-0.05, 0) is 265 Å². The lowest BCUT2D eigenvalue weighted by Gasteiger charge is -2.44. The Balaban J connectivity index is 2.73. The molecule has 32 heteroatoms. The van der Waals surface area contributed by atoms with Gasteiger partial charge >= 0.3 is 33.6 Å². The number of amides is 6. The van der Waals surface area contributed by atoms with Crippen LogP contribution in [-0.4, -0.2) is 175 Å². The molecule has 1 rings (SSSR count). The van der Waals surface area contributed by atoms with Gasteiger partial charge in [-0.3, -0.25) is 47.4 Å². The van der Waals surface area contributed by atoms with Crippen LogP contribution in [0.5, 0.6) is 0 Å². The lowest BCUT2D eigenvalue weighted by molar-refractivity contribution is -0.261. The molecule has 1 heterocycles. The van der Waals surface area contributed by atoms with Crippen LogP contribution in [0.3, 0.4) is 0 Å². The van der Waals surface area contributed by atoms with E-state index in [4.69, 9.17) is 29.4 Å². The maximum Gasteiger partial charge on any atom is 0.483 e. The van der Waals surface area contributed by atoms with Gasteiger partial charge in [0.2, 0.25) is 35.4 Å². The summed E-state index contributed by atoms with van der Waals surface area (Å²) in [6, 6.07) is -10.6. The average Bonchev–Trinajstić information content (AvgIpc) is 0.782. The molecule has 0 aromatic carbocycles. The molecule has 1 saturated heterocycles. The number of aliphatic hydroxyl groups is 2. The van der Waals surface area contributed by atoms with E-state index < -0.39 is 168 Å². The van der Waals surface area contributed by atoms with Crippen molar-refractivity contribution in [1.82, 2.24) is 31.9 Å². The standard InChI is InChI=1S/C87H143N7O23P2/c1-56(2)29-18-30-57(3)31-19-32-58(4)33-20-34-59(5)35-21-36-60(6)37-22-38-61(7)39-23-40-62(8)41-24-42-63(9)43-25-44-64(10)45-26-46-65(11)47-27-48-66(12)53-54-113-118(109,110)117-119(111,112)116-87-77(92-71(17)96)79(78(98)75(55-95)115-87)114-70(16)82(101)89-68(14)81(100)94-74(86(107)108)51-52-76(97)93-73(50-28-49-72(88)85(105)106)83(102)90-67(13)80(99)91-69(15)84(103)104/h29,31,33,35,37,39,41,43,45,47,53,67-70,72-75,77-79,87,95,98H,18-28,30,32,34,36,38,40,42,44,46,48-52,54-55,88H2,1-17H3,(H,89,101)(H,90,102)(H,91,99)(H,92,96)(H,93,97)(H,94,100)(H,103,104)(H,105,106)(H,107,108)(H,109,110)(H,111,112). The van der Waals surface area contributed by atoms with Crippen LogP contribution in [0.2, 0.25) is 0 Å². The zero-order valence-corrected chi connectivity index (χ0v) is 75.3. The molecule has 0 radical (unpaired) electrons. The van der Waals surface area contributed by atoms with Crippen LogP contribution in [0.15, 0.2) is 128 Å². The van der Waals surface area contributed by atoms with Crippen molar-refractivity contribution in [3.63, 3.8) is 0 Å². The summed E-state index contributed by atoms with van der Waals surface area (Å²) in [6.45, 7) is 30.1. The summed E-state index contributed by atoms with van der Waals surface area (Å²) in [5, 5.41) is 63.3. The predicted molar refractivity (Wildman–Crippen MR) is 461 cm³/mol. The Kier molecular flexibility index (Phi) is 54.5. The summed E-state index contributed by atoms with van der Waals surface area (Å²) in [5.41, 5.74) is 20.5. The fourth-order valence-corrected chi connectivity index (χ4v) is 14.4. The number of hydrogen-bond donors (Lipinski definition) is 14. The number of nitrogens with one attached hydrogen (secondary N) is 6. The number of phosphoric acid groups is 2. The lowest BCUT2D eigenvalue weighted by atomic mass is 9.96. The van der Waals surface area contributed by atoms with Crippen molar-refractivity contribution < 1.29 is 110 Å². The molecule has 674 valence electrons. The van der Waals surface area contributed by atoms with E-state index in [9.17, 15) is 82.5 Å². The quantitative estimate of drug-likeness (QED) is 0.0199. The van der Waals surface area contributed by atoms with Gasteiger partial charge in [-0.2, -0.15) is 4.31 Å². The molecule has 1 aliphatic rings. The van der Waals surface area contributed by atoms with Crippen molar-refractivity contribution in [2.45, 2.75) is 351 Å². The lowest BCUT2D eigenvalue weighted by Crippen LogP contribution is -2.66. The molecule has 0 aromatic rings. The topological polar surface area (TPSA) is 474 Å². The van der Waals surface area contributed by atoms with Crippen molar-refractivity contribution in [3.05, 3.63) is 128 Å². The monoisotopic (exact) mass is 1720 g/mol. The fourth-order valence-electron chi connectivity index (χ4n) is 12.3. The van der Waals surface area contributed by atoms with E-state index in [1.165, 1.54) is 75.7 Å². The molecular weight excluding hydrogens is 1570 g/mol. The van der Waals surface area contributed by atoms with E-state index in [1.807, 2.05) is 0 Å². The smallest absolute Gasteiger partial charge is 0.480 e. The number of aliphatic carboxylic acids is 3. The summed E-state index contributed by atoms with van der Waals surface area (Å²) >= 11 is 0. The number of rotatable bonds is 60. The summed E-state index contributed by atoms with van der Waals surface area (Å²) in [7, 11) is -11.2. The molecule has 6 amide bonds. The predicted octanol–water partition coefficient (Wildman–Crippen LogP) is 13.8. The minimum Gasteiger partial charge on any atom is -0.480 e. The van der Waals surface area contributed by atoms with Crippen molar-refractivity contribution in [3.8, 4) is 0 Å². The third-order valence-electron chi connectivity index (χ3n) is 19.9. The molecule has 1 aliphatic heterocycles. The first-order valence-electron chi connectivity index (χ1n) is 41.5. The molecular formula is C87H143N7O23P2. The van der Waals surface area contributed by atoms with Crippen LogP contribution in [0.4, 0.5) is 0 Å². The van der Waals surface area contributed by atoms with Gasteiger partial charge in [0.15, 0.2) is 6.29 Å². The minimum absolute atomic E-state index is 0.0337. The normalized spacial score (nSPS) is 19.8. The third-order valence-corrected chi connectivity index (χ3v) is 22.5. The number of carboxylic acid groups (broad SMARTS) is 3. The second-order valence-electron chi connectivity index (χ2n) is 31.7. The molecule has 0 spiro atoms. The van der Waals surface area contributed by atoms with Gasteiger partial charge in [0.25, 0.3) is 0 Å². The van der Waals surface area contributed by atoms with Crippen LogP contribution >= 0.6 is 15.6 Å². The second kappa shape index (κ2) is 59.2. The van der Waals surface area contributed by atoms with Gasteiger partial charge in [-0.25, -0.2) is 13.9 Å². The van der Waals surface area contributed by atoms with Crippen LogP contribution in [0, 0.1) is 0 Å². The van der Waals surface area contributed by atoms with Crippen molar-refractivity contribution in [1.29, 1.82) is 0 Å². The van der Waals surface area contributed by atoms with E-state index in [0.717, 1.165) is 142 Å². The van der Waals surface area contributed by atoms with Crippen molar-refractivity contribution in [2.24, 2.45) is 5.73 Å². The molecule has 14 atom stereocenters. The van der Waals surface area contributed by atoms with Crippen LogP contribution in [-0.2, 0) is 75.1 Å². The molecule has 0 aliphatic carbocycles. The van der Waals surface area contributed by atoms with E-state index in [1.54, 1.807) is 6.92 Å². The summed E-state index contributed by atoms with van der Waals surface area (Å²) < 4.78 is 52.4. The highest BCUT2D eigenvalue weighted by atomic mass is 31.3. The van der Waals surface area contributed by atoms with Crippen LogP contribution in [0.25, 0.3) is 0 Å². The third kappa shape index (κ3) is 51.1. The highest BCUT2D eigenvalue weighted by molar-refractivity contribution is 7.61. The SMILES string of the molecule is CC(=O)NC1C(OP(=O)(O)OP(=O)(O)OCC=C(C)CCC=C(C)CCC=C(C)CCC=C(C)CCC=C(C)CCC=C(C)CCC=C(C)CCC=C(C)CCC=C(C)CCC=C(C)CCC=C(C)C)OC(CO)C(O)C1OC(C)C(=O)NC(C)C(=O)NC(CCC(=O)NC(CCCC(N)C(=O)O)C(=O)NC(C)C(=O)NC(C)C(=O)O)C(=O)O. The van der Waals surface area contributed by atoms with E-state index in [0.29, 0.717) is 12.8 Å². The Bertz CT molecular complexity index is 3740. The first kappa shape index (κ1) is 109. The molecule has 15 N–H and O–H groups in total. The molecule has 119 heavy (non-hydrogen) atoms. The summed E-state index contributed by atoms with van der Waals surface area (Å²) in [6.07, 6.45) is 34.2. The molecule has 0 bridgehead atoms. The van der Waals surface area contributed by atoms with E-state index >= 15 is 0 Å². The Morgan fingerprint density at radius 1 is 0.437 bits per heavy atom. The largest absolute Gasteiger partial charge is 0.483 e.